The third kappa shape index (κ3) is 3.39. The van der Waals surface area contributed by atoms with Crippen molar-refractivity contribution >= 4 is 21.6 Å². The Morgan fingerprint density at radius 2 is 2.04 bits per heavy atom. The van der Waals surface area contributed by atoms with Gasteiger partial charge >= 0.3 is 0 Å². The van der Waals surface area contributed by atoms with Crippen molar-refractivity contribution < 1.29 is 0 Å². The molecule has 130 valence electrons. The Hall–Kier alpha value is -1.98. The van der Waals surface area contributed by atoms with Gasteiger partial charge in [-0.2, -0.15) is 0 Å². The van der Waals surface area contributed by atoms with Crippen LogP contribution in [0.3, 0.4) is 0 Å². The minimum absolute atomic E-state index is 0.0376. The van der Waals surface area contributed by atoms with Gasteiger partial charge in [-0.15, -0.1) is 11.3 Å². The number of fused-ring (bicyclic) bond motifs is 3. The zero-order valence-electron chi connectivity index (χ0n) is 14.5. The molecule has 0 fully saturated rings. The number of H-pyrrole nitrogens is 1. The highest BCUT2D eigenvalue weighted by molar-refractivity contribution is 7.18. The van der Waals surface area contributed by atoms with Crippen LogP contribution in [0.5, 0.6) is 0 Å². The summed E-state index contributed by atoms with van der Waals surface area (Å²) in [6.45, 7) is 4.71. The lowest BCUT2D eigenvalue weighted by molar-refractivity contribution is 0.251. The average Bonchev–Trinajstić information content (AvgIpc) is 3.16. The van der Waals surface area contributed by atoms with Crippen molar-refractivity contribution in [2.24, 2.45) is 0 Å². The van der Waals surface area contributed by atoms with Crippen LogP contribution in [0.4, 0.5) is 0 Å². The Morgan fingerprint density at radius 3 is 2.84 bits per heavy atom. The number of rotatable bonds is 6. The number of benzene rings is 1. The molecule has 4 nitrogen and oxygen atoms in total. The Morgan fingerprint density at radius 1 is 1.20 bits per heavy atom. The number of hydrogen-bond acceptors (Lipinski definition) is 4. The summed E-state index contributed by atoms with van der Waals surface area (Å²) >= 11 is 1.71. The van der Waals surface area contributed by atoms with E-state index in [4.69, 9.17) is 4.98 Å². The fraction of sp³-hybridized carbons (Fsp3) is 0.400. The summed E-state index contributed by atoms with van der Waals surface area (Å²) in [5.74, 6) is 0.779. The van der Waals surface area contributed by atoms with Gasteiger partial charge in [0, 0.05) is 11.4 Å². The first kappa shape index (κ1) is 16.5. The quantitative estimate of drug-likeness (QED) is 0.731. The number of thiophene rings is 1. The third-order valence-corrected chi connectivity index (χ3v) is 5.97. The molecule has 1 N–H and O–H groups in total. The highest BCUT2D eigenvalue weighted by Crippen LogP contribution is 2.34. The lowest BCUT2D eigenvalue weighted by atomic mass is 10.2. The van der Waals surface area contributed by atoms with Gasteiger partial charge in [0.05, 0.1) is 11.9 Å². The van der Waals surface area contributed by atoms with E-state index in [-0.39, 0.29) is 5.56 Å². The molecular formula is C20H23N3OS. The topological polar surface area (TPSA) is 49.0 Å². The first-order chi connectivity index (χ1) is 12.2. The molecule has 2 heterocycles. The number of aromatic amines is 1. The predicted octanol–water partition coefficient (Wildman–Crippen LogP) is 3.89. The van der Waals surface area contributed by atoms with Gasteiger partial charge in [0.25, 0.3) is 5.56 Å². The Balaban J connectivity index is 1.61. The zero-order chi connectivity index (χ0) is 17.2. The van der Waals surface area contributed by atoms with Crippen LogP contribution in [0.2, 0.25) is 0 Å². The van der Waals surface area contributed by atoms with E-state index in [2.05, 4.69) is 41.1 Å². The van der Waals surface area contributed by atoms with Crippen LogP contribution < -0.4 is 5.56 Å². The van der Waals surface area contributed by atoms with Gasteiger partial charge in [0.1, 0.15) is 10.7 Å². The normalized spacial score (nSPS) is 13.7. The first-order valence-corrected chi connectivity index (χ1v) is 9.86. The highest BCUT2D eigenvalue weighted by atomic mass is 32.1. The molecule has 1 aliphatic carbocycles. The smallest absolute Gasteiger partial charge is 0.259 e. The molecule has 25 heavy (non-hydrogen) atoms. The summed E-state index contributed by atoms with van der Waals surface area (Å²) < 4.78 is 0. The maximum absolute atomic E-state index is 12.6. The van der Waals surface area contributed by atoms with Crippen LogP contribution in [0.25, 0.3) is 10.2 Å². The maximum Gasteiger partial charge on any atom is 0.259 e. The van der Waals surface area contributed by atoms with E-state index in [0.717, 1.165) is 48.4 Å². The molecule has 0 atom stereocenters. The molecule has 0 saturated heterocycles. The molecule has 0 spiro atoms. The minimum Gasteiger partial charge on any atom is -0.309 e. The van der Waals surface area contributed by atoms with Crippen molar-refractivity contribution in [3.63, 3.8) is 0 Å². The summed E-state index contributed by atoms with van der Waals surface area (Å²) in [7, 11) is 0. The summed E-state index contributed by atoms with van der Waals surface area (Å²) in [6.07, 6.45) is 4.36. The minimum atomic E-state index is 0.0376. The van der Waals surface area contributed by atoms with Crippen LogP contribution in [0.1, 0.15) is 41.6 Å². The highest BCUT2D eigenvalue weighted by Gasteiger charge is 2.21. The molecule has 1 aromatic carbocycles. The molecule has 0 aliphatic heterocycles. The van der Waals surface area contributed by atoms with Crippen LogP contribution in [0.15, 0.2) is 35.1 Å². The first-order valence-electron chi connectivity index (χ1n) is 9.04. The van der Waals surface area contributed by atoms with E-state index in [0.29, 0.717) is 6.54 Å². The second kappa shape index (κ2) is 7.10. The SMILES string of the molecule is CCCN(Cc1ccccc1)Cc1nc2sc3c(c2c(=O)[nH]1)CCC3. The predicted molar refractivity (Wildman–Crippen MR) is 103 cm³/mol. The fourth-order valence-electron chi connectivity index (χ4n) is 3.71. The average molecular weight is 353 g/mol. The molecule has 1 aliphatic rings. The zero-order valence-corrected chi connectivity index (χ0v) is 15.4. The van der Waals surface area contributed by atoms with Gasteiger partial charge in [-0.1, -0.05) is 37.3 Å². The molecule has 0 amide bonds. The van der Waals surface area contributed by atoms with Crippen molar-refractivity contribution in [2.75, 3.05) is 6.54 Å². The van der Waals surface area contributed by atoms with E-state index >= 15 is 0 Å². The molecule has 0 bridgehead atoms. The van der Waals surface area contributed by atoms with Gasteiger partial charge in [-0.05, 0) is 43.4 Å². The van der Waals surface area contributed by atoms with Gasteiger partial charge in [-0.3, -0.25) is 9.69 Å². The Kier molecular flexibility index (Phi) is 4.68. The standard InChI is InChI=1S/C20H23N3OS/c1-2-11-23(12-14-7-4-3-5-8-14)13-17-21-19(24)18-15-9-6-10-16(15)25-20(18)22-17/h3-5,7-8H,2,6,9-13H2,1H3,(H,21,22,24). The van der Waals surface area contributed by atoms with Crippen molar-refractivity contribution in [2.45, 2.75) is 45.7 Å². The van der Waals surface area contributed by atoms with E-state index in [1.165, 1.54) is 22.4 Å². The fourth-order valence-corrected chi connectivity index (χ4v) is 4.99. The molecule has 0 radical (unpaired) electrons. The second-order valence-electron chi connectivity index (χ2n) is 6.75. The largest absolute Gasteiger partial charge is 0.309 e. The molecule has 4 rings (SSSR count). The van der Waals surface area contributed by atoms with E-state index in [9.17, 15) is 4.79 Å². The lowest BCUT2D eigenvalue weighted by Gasteiger charge is -2.21. The van der Waals surface area contributed by atoms with E-state index in [1.54, 1.807) is 11.3 Å². The molecule has 5 heteroatoms. The Labute approximate surface area is 151 Å². The van der Waals surface area contributed by atoms with Crippen LogP contribution in [-0.4, -0.2) is 21.4 Å². The maximum atomic E-state index is 12.6. The molecule has 3 aromatic rings. The van der Waals surface area contributed by atoms with Crippen LogP contribution >= 0.6 is 11.3 Å². The van der Waals surface area contributed by atoms with Crippen molar-refractivity contribution in [1.82, 2.24) is 14.9 Å². The van der Waals surface area contributed by atoms with Crippen molar-refractivity contribution in [3.8, 4) is 0 Å². The summed E-state index contributed by atoms with van der Waals surface area (Å²) in [6, 6.07) is 10.5. The number of aryl methyl sites for hydroxylation is 2. The van der Waals surface area contributed by atoms with Gasteiger partial charge in [0.15, 0.2) is 0 Å². The van der Waals surface area contributed by atoms with Gasteiger partial charge < -0.3 is 4.98 Å². The molecule has 0 unspecified atom stereocenters. The van der Waals surface area contributed by atoms with Crippen LogP contribution in [-0.2, 0) is 25.9 Å². The van der Waals surface area contributed by atoms with Crippen LogP contribution in [0, 0.1) is 0 Å². The number of aromatic nitrogens is 2. The van der Waals surface area contributed by atoms with Crippen molar-refractivity contribution in [3.05, 3.63) is 62.5 Å². The third-order valence-electron chi connectivity index (χ3n) is 4.79. The summed E-state index contributed by atoms with van der Waals surface area (Å²) in [5, 5.41) is 0.839. The second-order valence-corrected chi connectivity index (χ2v) is 7.83. The van der Waals surface area contributed by atoms with E-state index < -0.39 is 0 Å². The van der Waals surface area contributed by atoms with Gasteiger partial charge in [-0.25, -0.2) is 4.98 Å². The van der Waals surface area contributed by atoms with E-state index in [1.807, 2.05) is 6.07 Å². The van der Waals surface area contributed by atoms with Crippen molar-refractivity contribution in [1.29, 1.82) is 0 Å². The molecule has 2 aromatic heterocycles. The monoisotopic (exact) mass is 353 g/mol. The van der Waals surface area contributed by atoms with Gasteiger partial charge in [0.2, 0.25) is 0 Å². The molecular weight excluding hydrogens is 330 g/mol. The molecule has 0 saturated carbocycles. The lowest BCUT2D eigenvalue weighted by Crippen LogP contribution is -2.26. The summed E-state index contributed by atoms with van der Waals surface area (Å²) in [4.78, 5) is 25.1. The number of nitrogens with one attached hydrogen (secondary N) is 1. The Bertz CT molecular complexity index is 929. The number of nitrogens with zero attached hydrogens (tertiary/aromatic N) is 2. The summed E-state index contributed by atoms with van der Waals surface area (Å²) in [5.41, 5.74) is 2.57. The number of hydrogen-bond donors (Lipinski definition) is 1.